The van der Waals surface area contributed by atoms with Crippen molar-refractivity contribution >= 4 is 0 Å². The maximum Gasteiger partial charge on any atom is 0.146 e. The summed E-state index contributed by atoms with van der Waals surface area (Å²) in [6.45, 7) is 3.36. The average Bonchev–Trinajstić information content (AvgIpc) is 2.62. The van der Waals surface area contributed by atoms with Crippen molar-refractivity contribution in [3.05, 3.63) is 65.2 Å². The topological polar surface area (TPSA) is 43.2 Å². The average molecular weight is 322 g/mol. The zero-order valence-electron chi connectivity index (χ0n) is 13.4. The Kier molecular flexibility index (Phi) is 4.01. The number of halogens is 1. The molecular formula is C19H19FN4. The lowest BCUT2D eigenvalue weighted by atomic mass is 9.86. The highest BCUT2D eigenvalue weighted by molar-refractivity contribution is 5.33. The minimum absolute atomic E-state index is 0.220. The quantitative estimate of drug-likeness (QED) is 0.868. The maximum atomic E-state index is 13.8. The van der Waals surface area contributed by atoms with Crippen LogP contribution < -0.4 is 0 Å². The second-order valence-electron chi connectivity index (χ2n) is 6.65. The number of nitriles is 1. The Hall–Kier alpha value is -2.29. The Balaban J connectivity index is 1.38. The second kappa shape index (κ2) is 6.31. The van der Waals surface area contributed by atoms with Gasteiger partial charge in [0.25, 0.3) is 0 Å². The molecule has 3 aliphatic heterocycles. The molecule has 0 aliphatic carbocycles. The Bertz CT molecular complexity index is 773. The molecule has 3 fully saturated rings. The molecule has 0 amide bonds. The molecular weight excluding hydrogens is 303 g/mol. The molecule has 24 heavy (non-hydrogen) atoms. The van der Waals surface area contributed by atoms with Gasteiger partial charge in [-0.2, -0.15) is 5.26 Å². The van der Waals surface area contributed by atoms with Crippen molar-refractivity contribution in [2.75, 3.05) is 13.1 Å². The van der Waals surface area contributed by atoms with Crippen molar-refractivity contribution < 1.29 is 4.39 Å². The highest BCUT2D eigenvalue weighted by Gasteiger charge is 2.44. The summed E-state index contributed by atoms with van der Waals surface area (Å²) in [6.07, 6.45) is 2.86. The van der Waals surface area contributed by atoms with Crippen molar-refractivity contribution in [2.45, 2.75) is 31.6 Å². The fourth-order valence-corrected chi connectivity index (χ4v) is 3.86. The fourth-order valence-electron chi connectivity index (χ4n) is 3.86. The summed E-state index contributed by atoms with van der Waals surface area (Å²) < 4.78 is 13.8. The SMILES string of the molecule is N#Cc1cccc(CN2C3CC2CN(Cc2ncccc2F)C3)c1. The van der Waals surface area contributed by atoms with Gasteiger partial charge in [-0.15, -0.1) is 0 Å². The third-order valence-corrected chi connectivity index (χ3v) is 5.05. The molecule has 0 saturated carbocycles. The van der Waals surface area contributed by atoms with E-state index in [2.05, 4.69) is 26.9 Å². The molecule has 4 heterocycles. The van der Waals surface area contributed by atoms with Gasteiger partial charge in [0.1, 0.15) is 5.82 Å². The monoisotopic (exact) mass is 322 g/mol. The standard InChI is InChI=1S/C19H19FN4/c20-18-5-2-6-22-19(18)13-23-11-16-8-17(12-23)24(16)10-15-4-1-3-14(7-15)9-21/h1-7,16-17H,8,10-13H2. The normalized spacial score (nSPS) is 23.5. The van der Waals surface area contributed by atoms with E-state index in [0.717, 1.165) is 19.6 Å². The molecule has 0 radical (unpaired) electrons. The molecule has 2 bridgehead atoms. The minimum Gasteiger partial charge on any atom is -0.294 e. The van der Waals surface area contributed by atoms with Crippen LogP contribution in [0, 0.1) is 17.1 Å². The molecule has 122 valence electrons. The first kappa shape index (κ1) is 15.3. The predicted molar refractivity (Wildman–Crippen MR) is 88.4 cm³/mol. The van der Waals surface area contributed by atoms with Crippen molar-refractivity contribution in [1.82, 2.24) is 14.8 Å². The van der Waals surface area contributed by atoms with E-state index in [1.165, 1.54) is 18.1 Å². The molecule has 0 spiro atoms. The first-order valence-electron chi connectivity index (χ1n) is 8.29. The smallest absolute Gasteiger partial charge is 0.146 e. The molecule has 2 unspecified atom stereocenters. The van der Waals surface area contributed by atoms with E-state index >= 15 is 0 Å². The molecule has 5 rings (SSSR count). The van der Waals surface area contributed by atoms with Gasteiger partial charge in [0.15, 0.2) is 0 Å². The Morgan fingerprint density at radius 2 is 2.00 bits per heavy atom. The van der Waals surface area contributed by atoms with Crippen molar-refractivity contribution in [3.8, 4) is 6.07 Å². The summed E-state index contributed by atoms with van der Waals surface area (Å²) in [7, 11) is 0. The molecule has 2 aromatic rings. The van der Waals surface area contributed by atoms with E-state index < -0.39 is 0 Å². The first-order chi connectivity index (χ1) is 11.7. The molecule has 1 aromatic carbocycles. The first-order valence-corrected chi connectivity index (χ1v) is 8.29. The van der Waals surface area contributed by atoms with Crippen molar-refractivity contribution in [2.24, 2.45) is 0 Å². The molecule has 2 atom stereocenters. The number of nitrogens with zero attached hydrogens (tertiary/aromatic N) is 4. The lowest BCUT2D eigenvalue weighted by Gasteiger charge is -2.56. The summed E-state index contributed by atoms with van der Waals surface area (Å²) in [6, 6.07) is 14.2. The number of piperidine rings is 1. The van der Waals surface area contributed by atoms with E-state index in [1.54, 1.807) is 12.3 Å². The summed E-state index contributed by atoms with van der Waals surface area (Å²) >= 11 is 0. The third kappa shape index (κ3) is 2.91. The van der Waals surface area contributed by atoms with Crippen LogP contribution in [-0.4, -0.2) is 40.0 Å². The van der Waals surface area contributed by atoms with Crippen LogP contribution in [0.15, 0.2) is 42.6 Å². The molecule has 3 saturated heterocycles. The summed E-state index contributed by atoms with van der Waals surface area (Å²) in [5.74, 6) is -0.220. The van der Waals surface area contributed by atoms with Crippen LogP contribution in [0.3, 0.4) is 0 Å². The van der Waals surface area contributed by atoms with E-state index in [1.807, 2.05) is 18.2 Å². The largest absolute Gasteiger partial charge is 0.294 e. The molecule has 4 nitrogen and oxygen atoms in total. The predicted octanol–water partition coefficient (Wildman–Crippen LogP) is 2.55. The van der Waals surface area contributed by atoms with Crippen LogP contribution >= 0.6 is 0 Å². The van der Waals surface area contributed by atoms with Crippen LogP contribution in [0.5, 0.6) is 0 Å². The number of piperazine rings is 1. The van der Waals surface area contributed by atoms with Gasteiger partial charge < -0.3 is 0 Å². The number of rotatable bonds is 4. The molecule has 5 heteroatoms. The van der Waals surface area contributed by atoms with Gasteiger partial charge in [0, 0.05) is 44.5 Å². The van der Waals surface area contributed by atoms with Gasteiger partial charge in [-0.05, 0) is 36.2 Å². The van der Waals surface area contributed by atoms with Gasteiger partial charge in [0.2, 0.25) is 0 Å². The van der Waals surface area contributed by atoms with Crippen LogP contribution in [0.1, 0.15) is 23.2 Å². The Morgan fingerprint density at radius 3 is 2.75 bits per heavy atom. The van der Waals surface area contributed by atoms with Crippen molar-refractivity contribution in [1.29, 1.82) is 5.26 Å². The van der Waals surface area contributed by atoms with Crippen LogP contribution in [0.4, 0.5) is 4.39 Å². The third-order valence-electron chi connectivity index (χ3n) is 5.05. The van der Waals surface area contributed by atoms with Gasteiger partial charge in [-0.25, -0.2) is 4.39 Å². The number of hydrogen-bond donors (Lipinski definition) is 0. The number of aromatic nitrogens is 1. The highest BCUT2D eigenvalue weighted by atomic mass is 19.1. The van der Waals surface area contributed by atoms with E-state index in [4.69, 9.17) is 5.26 Å². The highest BCUT2D eigenvalue weighted by Crippen LogP contribution is 2.34. The number of fused-ring (bicyclic) bond motifs is 2. The summed E-state index contributed by atoms with van der Waals surface area (Å²) in [5, 5.41) is 9.02. The number of pyridine rings is 1. The Morgan fingerprint density at radius 1 is 1.17 bits per heavy atom. The minimum atomic E-state index is -0.220. The zero-order chi connectivity index (χ0) is 16.5. The fraction of sp³-hybridized carbons (Fsp3) is 0.368. The lowest BCUT2D eigenvalue weighted by Crippen LogP contribution is -2.67. The molecule has 0 N–H and O–H groups in total. The van der Waals surface area contributed by atoms with E-state index in [0.29, 0.717) is 29.9 Å². The van der Waals surface area contributed by atoms with Gasteiger partial charge in [-0.3, -0.25) is 14.8 Å². The summed E-state index contributed by atoms with van der Waals surface area (Å²) in [5.41, 5.74) is 2.44. The summed E-state index contributed by atoms with van der Waals surface area (Å²) in [4.78, 5) is 8.96. The van der Waals surface area contributed by atoms with Crippen LogP contribution in [0.25, 0.3) is 0 Å². The Labute approximate surface area is 141 Å². The van der Waals surface area contributed by atoms with Crippen LogP contribution in [-0.2, 0) is 13.1 Å². The zero-order valence-corrected chi connectivity index (χ0v) is 13.4. The van der Waals surface area contributed by atoms with Gasteiger partial charge in [-0.1, -0.05) is 12.1 Å². The molecule has 3 aliphatic rings. The second-order valence-corrected chi connectivity index (χ2v) is 6.65. The van der Waals surface area contributed by atoms with Gasteiger partial charge in [0.05, 0.1) is 17.3 Å². The van der Waals surface area contributed by atoms with Crippen LogP contribution in [0.2, 0.25) is 0 Å². The number of hydrogen-bond acceptors (Lipinski definition) is 4. The lowest BCUT2D eigenvalue weighted by molar-refractivity contribution is -0.0779. The van der Waals surface area contributed by atoms with Crippen molar-refractivity contribution in [3.63, 3.8) is 0 Å². The molecule has 1 aromatic heterocycles. The maximum absolute atomic E-state index is 13.8. The van der Waals surface area contributed by atoms with E-state index in [9.17, 15) is 4.39 Å². The van der Waals surface area contributed by atoms with E-state index in [-0.39, 0.29) is 5.82 Å². The number of benzene rings is 1. The van der Waals surface area contributed by atoms with Gasteiger partial charge >= 0.3 is 0 Å².